The zero-order valence-corrected chi connectivity index (χ0v) is 12.1. The number of carbonyl (C=O) groups is 1. The van der Waals surface area contributed by atoms with E-state index in [9.17, 15) is 4.79 Å². The van der Waals surface area contributed by atoms with E-state index >= 15 is 0 Å². The summed E-state index contributed by atoms with van der Waals surface area (Å²) in [6.45, 7) is 3.87. The van der Waals surface area contributed by atoms with Crippen molar-refractivity contribution in [2.75, 3.05) is 5.32 Å². The molecule has 21 heavy (non-hydrogen) atoms. The van der Waals surface area contributed by atoms with E-state index in [4.69, 9.17) is 0 Å². The number of aromatic amines is 1. The standard InChI is InChI=1S/C17H17N3O/c1-11-12(2)19-20-17(11)18-16(21)10-14-8-5-7-13-6-3-4-9-15(13)14/h3-9H,10H2,1-2H3,(H2,18,19,20,21). The molecule has 4 nitrogen and oxygen atoms in total. The van der Waals surface area contributed by atoms with E-state index in [1.807, 2.05) is 44.2 Å². The summed E-state index contributed by atoms with van der Waals surface area (Å²) in [6.07, 6.45) is 0.340. The van der Waals surface area contributed by atoms with Gasteiger partial charge in [-0.15, -0.1) is 0 Å². The maximum absolute atomic E-state index is 12.2. The van der Waals surface area contributed by atoms with E-state index < -0.39 is 0 Å². The van der Waals surface area contributed by atoms with Crippen LogP contribution in [0, 0.1) is 13.8 Å². The van der Waals surface area contributed by atoms with Crippen LogP contribution >= 0.6 is 0 Å². The fourth-order valence-electron chi connectivity index (χ4n) is 2.40. The van der Waals surface area contributed by atoms with Crippen molar-refractivity contribution in [2.45, 2.75) is 20.3 Å². The van der Waals surface area contributed by atoms with Gasteiger partial charge in [0.05, 0.1) is 6.42 Å². The third kappa shape index (κ3) is 2.65. The van der Waals surface area contributed by atoms with Crippen LogP contribution in [0.3, 0.4) is 0 Å². The second-order valence-electron chi connectivity index (χ2n) is 5.19. The first-order valence-electron chi connectivity index (χ1n) is 6.93. The highest BCUT2D eigenvalue weighted by atomic mass is 16.1. The van der Waals surface area contributed by atoms with Crippen LogP contribution in [0.2, 0.25) is 0 Å². The molecule has 106 valence electrons. The molecule has 0 aliphatic rings. The molecule has 2 N–H and O–H groups in total. The molecule has 0 radical (unpaired) electrons. The molecule has 3 rings (SSSR count). The molecule has 0 saturated heterocycles. The second kappa shape index (κ2) is 5.40. The molecule has 1 heterocycles. The molecule has 0 saturated carbocycles. The number of H-pyrrole nitrogens is 1. The Bertz CT molecular complexity index is 799. The number of nitrogens with zero attached hydrogens (tertiary/aromatic N) is 1. The lowest BCUT2D eigenvalue weighted by Crippen LogP contribution is -2.15. The molecule has 1 amide bonds. The molecule has 2 aromatic carbocycles. The number of anilines is 1. The Morgan fingerprint density at radius 1 is 1.14 bits per heavy atom. The minimum atomic E-state index is -0.0547. The number of nitrogens with one attached hydrogen (secondary N) is 2. The third-order valence-corrected chi connectivity index (χ3v) is 3.74. The number of aryl methyl sites for hydroxylation is 1. The average Bonchev–Trinajstić information content (AvgIpc) is 2.80. The molecular formula is C17H17N3O. The van der Waals surface area contributed by atoms with E-state index in [1.54, 1.807) is 0 Å². The van der Waals surface area contributed by atoms with Crippen LogP contribution < -0.4 is 5.32 Å². The molecule has 0 spiro atoms. The lowest BCUT2D eigenvalue weighted by Gasteiger charge is -2.07. The zero-order valence-electron chi connectivity index (χ0n) is 12.1. The van der Waals surface area contributed by atoms with Crippen LogP contribution in [0.1, 0.15) is 16.8 Å². The molecule has 0 fully saturated rings. The predicted octanol–water partition coefficient (Wildman–Crippen LogP) is 3.36. The molecule has 0 aliphatic heterocycles. The van der Waals surface area contributed by atoms with Crippen molar-refractivity contribution in [1.29, 1.82) is 0 Å². The quantitative estimate of drug-likeness (QED) is 0.772. The van der Waals surface area contributed by atoms with Gasteiger partial charge in [0.1, 0.15) is 0 Å². The van der Waals surface area contributed by atoms with Gasteiger partial charge >= 0.3 is 0 Å². The summed E-state index contributed by atoms with van der Waals surface area (Å²) in [4.78, 5) is 12.2. The van der Waals surface area contributed by atoms with Gasteiger partial charge in [-0.25, -0.2) is 0 Å². The summed E-state index contributed by atoms with van der Waals surface area (Å²) in [5.74, 6) is 0.554. The van der Waals surface area contributed by atoms with Gasteiger partial charge in [-0.05, 0) is 30.2 Å². The number of benzene rings is 2. The van der Waals surface area contributed by atoms with E-state index in [0.717, 1.165) is 27.6 Å². The Labute approximate surface area is 123 Å². The van der Waals surface area contributed by atoms with Gasteiger partial charge < -0.3 is 5.32 Å². The number of carbonyl (C=O) groups excluding carboxylic acids is 1. The molecule has 4 heteroatoms. The van der Waals surface area contributed by atoms with Crippen LogP contribution in [0.25, 0.3) is 10.8 Å². The van der Waals surface area contributed by atoms with Crippen LogP contribution in [0.5, 0.6) is 0 Å². The maximum atomic E-state index is 12.2. The lowest BCUT2D eigenvalue weighted by molar-refractivity contribution is -0.115. The first-order chi connectivity index (χ1) is 10.1. The normalized spacial score (nSPS) is 10.8. The van der Waals surface area contributed by atoms with E-state index in [0.29, 0.717) is 12.2 Å². The van der Waals surface area contributed by atoms with Crippen LogP contribution in [-0.4, -0.2) is 16.1 Å². The lowest BCUT2D eigenvalue weighted by atomic mass is 10.0. The van der Waals surface area contributed by atoms with Gasteiger partial charge in [-0.3, -0.25) is 9.89 Å². The third-order valence-electron chi connectivity index (χ3n) is 3.74. The summed E-state index contributed by atoms with van der Waals surface area (Å²) in [7, 11) is 0. The fraction of sp³-hybridized carbons (Fsp3) is 0.176. The number of hydrogen-bond donors (Lipinski definition) is 2. The largest absolute Gasteiger partial charge is 0.309 e. The van der Waals surface area contributed by atoms with Crippen LogP contribution in [0.4, 0.5) is 5.82 Å². The van der Waals surface area contributed by atoms with Crippen molar-refractivity contribution in [2.24, 2.45) is 0 Å². The van der Waals surface area contributed by atoms with Crippen LogP contribution in [0.15, 0.2) is 42.5 Å². The topological polar surface area (TPSA) is 57.8 Å². The molecule has 0 bridgehead atoms. The summed E-state index contributed by atoms with van der Waals surface area (Å²) in [5.41, 5.74) is 2.97. The predicted molar refractivity (Wildman–Crippen MR) is 84.3 cm³/mol. The van der Waals surface area contributed by atoms with Gasteiger partial charge in [0.15, 0.2) is 5.82 Å². The highest BCUT2D eigenvalue weighted by molar-refractivity contribution is 5.96. The first-order valence-corrected chi connectivity index (χ1v) is 6.93. The molecular weight excluding hydrogens is 262 g/mol. The van der Waals surface area contributed by atoms with E-state index in [1.165, 1.54) is 0 Å². The second-order valence-corrected chi connectivity index (χ2v) is 5.19. The molecule has 0 aliphatic carbocycles. The summed E-state index contributed by atoms with van der Waals surface area (Å²) < 4.78 is 0. The van der Waals surface area contributed by atoms with Crippen molar-refractivity contribution >= 4 is 22.5 Å². The fourth-order valence-corrected chi connectivity index (χ4v) is 2.40. The van der Waals surface area contributed by atoms with Gasteiger partial charge in [0.25, 0.3) is 0 Å². The van der Waals surface area contributed by atoms with Gasteiger partial charge in [0.2, 0.25) is 5.91 Å². The number of aromatic nitrogens is 2. The van der Waals surface area contributed by atoms with E-state index in [2.05, 4.69) is 27.6 Å². The van der Waals surface area contributed by atoms with Gasteiger partial charge in [0, 0.05) is 11.3 Å². The monoisotopic (exact) mass is 279 g/mol. The summed E-state index contributed by atoms with van der Waals surface area (Å²) >= 11 is 0. The van der Waals surface area contributed by atoms with E-state index in [-0.39, 0.29) is 5.91 Å². The highest BCUT2D eigenvalue weighted by Gasteiger charge is 2.11. The highest BCUT2D eigenvalue weighted by Crippen LogP contribution is 2.20. The molecule has 0 unspecified atom stereocenters. The van der Waals surface area contributed by atoms with Crippen molar-refractivity contribution in [3.63, 3.8) is 0 Å². The Morgan fingerprint density at radius 2 is 1.90 bits per heavy atom. The summed E-state index contributed by atoms with van der Waals surface area (Å²) in [5, 5.41) is 12.1. The average molecular weight is 279 g/mol. The SMILES string of the molecule is Cc1[nH]nc(NC(=O)Cc2cccc3ccccc23)c1C. The van der Waals surface area contributed by atoms with Crippen molar-refractivity contribution in [3.05, 3.63) is 59.3 Å². The zero-order chi connectivity index (χ0) is 14.8. The van der Waals surface area contributed by atoms with Crippen LogP contribution in [-0.2, 0) is 11.2 Å². The Kier molecular flexibility index (Phi) is 3.44. The number of fused-ring (bicyclic) bond motifs is 1. The first kappa shape index (κ1) is 13.4. The summed E-state index contributed by atoms with van der Waals surface area (Å²) in [6, 6.07) is 14.1. The van der Waals surface area contributed by atoms with Crippen molar-refractivity contribution in [3.8, 4) is 0 Å². The smallest absolute Gasteiger partial charge is 0.230 e. The minimum Gasteiger partial charge on any atom is -0.309 e. The Hall–Kier alpha value is -2.62. The maximum Gasteiger partial charge on any atom is 0.230 e. The molecule has 3 aromatic rings. The number of rotatable bonds is 3. The Balaban J connectivity index is 1.82. The van der Waals surface area contributed by atoms with Gasteiger partial charge in [-0.1, -0.05) is 42.5 Å². The van der Waals surface area contributed by atoms with Crippen molar-refractivity contribution in [1.82, 2.24) is 10.2 Å². The molecule has 1 aromatic heterocycles. The minimum absolute atomic E-state index is 0.0547. The van der Waals surface area contributed by atoms with Crippen molar-refractivity contribution < 1.29 is 4.79 Å². The number of hydrogen-bond acceptors (Lipinski definition) is 2. The number of amides is 1. The Morgan fingerprint density at radius 3 is 2.67 bits per heavy atom. The van der Waals surface area contributed by atoms with Gasteiger partial charge in [-0.2, -0.15) is 5.10 Å². The molecule has 0 atom stereocenters.